The summed E-state index contributed by atoms with van der Waals surface area (Å²) < 4.78 is 5.72. The minimum atomic E-state index is 0.688. The molecule has 2 aromatic carbocycles. The van der Waals surface area contributed by atoms with Crippen LogP contribution >= 0.6 is 0 Å². The van der Waals surface area contributed by atoms with E-state index in [1.165, 1.54) is 54.4 Å². The number of hydrogen-bond donors (Lipinski definition) is 0. The van der Waals surface area contributed by atoms with Gasteiger partial charge in [-0.25, -0.2) is 0 Å². The predicted molar refractivity (Wildman–Crippen MR) is 125 cm³/mol. The fourth-order valence-corrected chi connectivity index (χ4v) is 4.31. The normalized spacial score (nSPS) is 19.9. The molecule has 0 N–H and O–H groups in total. The lowest BCUT2D eigenvalue weighted by Crippen LogP contribution is -2.12. The van der Waals surface area contributed by atoms with Crippen molar-refractivity contribution in [2.24, 2.45) is 5.92 Å². The minimum Gasteiger partial charge on any atom is -0.376 e. The van der Waals surface area contributed by atoms with Crippen LogP contribution in [0.15, 0.2) is 72.8 Å². The molecule has 0 heterocycles. The highest BCUT2D eigenvalue weighted by molar-refractivity contribution is 5.64. The van der Waals surface area contributed by atoms with Crippen molar-refractivity contribution in [3.63, 3.8) is 0 Å². The van der Waals surface area contributed by atoms with Crippen LogP contribution in [0, 0.1) is 5.92 Å². The standard InChI is InChI=1S/C28H36O/c1-3-5-7-21-29-22-24-11-15-26(16-12-24)28-19-17-27(18-20-28)25-13-9-23(10-14-25)8-6-4-2/h3-6,11-12,15-20,23,25H,7-10,13-14,21-22H2,1-2H3/t23-,25-. The average molecular weight is 389 g/mol. The molecule has 3 rings (SSSR count). The van der Waals surface area contributed by atoms with Crippen molar-refractivity contribution >= 4 is 0 Å². The zero-order valence-corrected chi connectivity index (χ0v) is 18.1. The Hall–Kier alpha value is -2.12. The summed E-state index contributed by atoms with van der Waals surface area (Å²) in [6.07, 6.45) is 16.4. The number of rotatable bonds is 9. The molecule has 0 amide bonds. The number of ether oxygens (including phenoxy) is 1. The molecule has 1 heteroatoms. The van der Waals surface area contributed by atoms with Crippen LogP contribution < -0.4 is 0 Å². The SMILES string of the molecule is CC=CCCOCc1ccc(-c2ccc([C@H]3CC[C@H](CC=CC)CC3)cc2)cc1. The van der Waals surface area contributed by atoms with E-state index in [4.69, 9.17) is 4.74 Å². The van der Waals surface area contributed by atoms with Crippen molar-refractivity contribution in [2.45, 2.75) is 64.9 Å². The van der Waals surface area contributed by atoms with Crippen molar-refractivity contribution in [3.05, 3.63) is 84.0 Å². The Morgan fingerprint density at radius 3 is 2.03 bits per heavy atom. The fraction of sp³-hybridized carbons (Fsp3) is 0.429. The molecular formula is C28H36O. The first-order chi connectivity index (χ1) is 14.3. The van der Waals surface area contributed by atoms with Gasteiger partial charge in [-0.1, -0.05) is 72.8 Å². The molecule has 0 unspecified atom stereocenters. The van der Waals surface area contributed by atoms with Crippen molar-refractivity contribution < 1.29 is 4.74 Å². The Bertz CT molecular complexity index is 759. The van der Waals surface area contributed by atoms with Gasteiger partial charge in [-0.2, -0.15) is 0 Å². The maximum Gasteiger partial charge on any atom is 0.0717 e. The van der Waals surface area contributed by atoms with Crippen LogP contribution in [0.4, 0.5) is 0 Å². The largest absolute Gasteiger partial charge is 0.376 e. The van der Waals surface area contributed by atoms with Gasteiger partial charge in [-0.05, 0) is 86.5 Å². The van der Waals surface area contributed by atoms with Crippen LogP contribution in [0.1, 0.15) is 69.4 Å². The highest BCUT2D eigenvalue weighted by Gasteiger charge is 2.21. The Kier molecular flexibility index (Phi) is 8.77. The molecule has 1 saturated carbocycles. The van der Waals surface area contributed by atoms with Crippen LogP contribution in [0.25, 0.3) is 11.1 Å². The Morgan fingerprint density at radius 2 is 1.41 bits per heavy atom. The Labute approximate surface area is 177 Å². The quantitative estimate of drug-likeness (QED) is 0.311. The van der Waals surface area contributed by atoms with E-state index in [9.17, 15) is 0 Å². The van der Waals surface area contributed by atoms with E-state index in [0.29, 0.717) is 6.61 Å². The first-order valence-electron chi connectivity index (χ1n) is 11.3. The van der Waals surface area contributed by atoms with Gasteiger partial charge >= 0.3 is 0 Å². The topological polar surface area (TPSA) is 9.23 Å². The first kappa shape index (κ1) is 21.6. The van der Waals surface area contributed by atoms with Crippen molar-refractivity contribution in [2.75, 3.05) is 6.61 Å². The van der Waals surface area contributed by atoms with Gasteiger partial charge in [-0.3, -0.25) is 0 Å². The second-order valence-corrected chi connectivity index (χ2v) is 8.25. The second kappa shape index (κ2) is 11.8. The van der Waals surface area contributed by atoms with E-state index < -0.39 is 0 Å². The van der Waals surface area contributed by atoms with E-state index in [-0.39, 0.29) is 0 Å². The third-order valence-electron chi connectivity index (χ3n) is 6.15. The highest BCUT2D eigenvalue weighted by Crippen LogP contribution is 2.37. The molecule has 0 spiro atoms. The van der Waals surface area contributed by atoms with Gasteiger partial charge in [0, 0.05) is 0 Å². The van der Waals surface area contributed by atoms with E-state index >= 15 is 0 Å². The van der Waals surface area contributed by atoms with Crippen LogP contribution in [0.2, 0.25) is 0 Å². The summed E-state index contributed by atoms with van der Waals surface area (Å²) in [5, 5.41) is 0. The summed E-state index contributed by atoms with van der Waals surface area (Å²) in [5.41, 5.74) is 5.34. The smallest absolute Gasteiger partial charge is 0.0717 e. The summed E-state index contributed by atoms with van der Waals surface area (Å²) >= 11 is 0. The molecule has 2 aromatic rings. The fourth-order valence-electron chi connectivity index (χ4n) is 4.31. The van der Waals surface area contributed by atoms with Crippen molar-refractivity contribution in [1.29, 1.82) is 0 Å². The molecule has 1 fully saturated rings. The molecule has 0 aromatic heterocycles. The lowest BCUT2D eigenvalue weighted by Gasteiger charge is -2.28. The molecule has 1 nitrogen and oxygen atoms in total. The van der Waals surface area contributed by atoms with Crippen molar-refractivity contribution in [1.82, 2.24) is 0 Å². The van der Waals surface area contributed by atoms with Gasteiger partial charge in [0.1, 0.15) is 0 Å². The number of benzene rings is 2. The van der Waals surface area contributed by atoms with Crippen LogP contribution in [-0.4, -0.2) is 6.61 Å². The molecule has 154 valence electrons. The molecule has 1 aliphatic rings. The van der Waals surface area contributed by atoms with E-state index in [2.05, 4.69) is 79.8 Å². The summed E-state index contributed by atoms with van der Waals surface area (Å²) in [7, 11) is 0. The average Bonchev–Trinajstić information content (AvgIpc) is 2.78. The van der Waals surface area contributed by atoms with Gasteiger partial charge in [-0.15, -0.1) is 0 Å². The molecule has 0 bridgehead atoms. The molecule has 0 aliphatic heterocycles. The lowest BCUT2D eigenvalue weighted by molar-refractivity contribution is 0.125. The number of allylic oxidation sites excluding steroid dienone is 3. The van der Waals surface area contributed by atoms with Crippen LogP contribution in [0.3, 0.4) is 0 Å². The Morgan fingerprint density at radius 1 is 0.793 bits per heavy atom. The first-order valence-corrected chi connectivity index (χ1v) is 11.3. The van der Waals surface area contributed by atoms with E-state index in [0.717, 1.165) is 24.9 Å². The molecular weight excluding hydrogens is 352 g/mol. The summed E-state index contributed by atoms with van der Waals surface area (Å²) in [5.74, 6) is 1.64. The van der Waals surface area contributed by atoms with Crippen LogP contribution in [-0.2, 0) is 11.3 Å². The maximum absolute atomic E-state index is 5.72. The molecule has 0 radical (unpaired) electrons. The van der Waals surface area contributed by atoms with Gasteiger partial charge < -0.3 is 4.74 Å². The van der Waals surface area contributed by atoms with Crippen LogP contribution in [0.5, 0.6) is 0 Å². The molecule has 1 aliphatic carbocycles. The predicted octanol–water partition coefficient (Wildman–Crippen LogP) is 8.08. The third-order valence-corrected chi connectivity index (χ3v) is 6.15. The van der Waals surface area contributed by atoms with Gasteiger partial charge in [0.15, 0.2) is 0 Å². The third kappa shape index (κ3) is 6.72. The Balaban J connectivity index is 1.51. The number of hydrogen-bond acceptors (Lipinski definition) is 1. The van der Waals surface area contributed by atoms with E-state index in [1.807, 2.05) is 6.92 Å². The summed E-state index contributed by atoms with van der Waals surface area (Å²) in [4.78, 5) is 0. The monoisotopic (exact) mass is 388 g/mol. The zero-order valence-electron chi connectivity index (χ0n) is 18.1. The zero-order chi connectivity index (χ0) is 20.3. The van der Waals surface area contributed by atoms with Crippen molar-refractivity contribution in [3.8, 4) is 11.1 Å². The summed E-state index contributed by atoms with van der Waals surface area (Å²) in [6.45, 7) is 5.64. The molecule has 29 heavy (non-hydrogen) atoms. The lowest BCUT2D eigenvalue weighted by atomic mass is 9.77. The van der Waals surface area contributed by atoms with Gasteiger partial charge in [0.25, 0.3) is 0 Å². The summed E-state index contributed by atoms with van der Waals surface area (Å²) in [6, 6.07) is 18.1. The highest BCUT2D eigenvalue weighted by atomic mass is 16.5. The maximum atomic E-state index is 5.72. The van der Waals surface area contributed by atoms with Gasteiger partial charge in [0.2, 0.25) is 0 Å². The minimum absolute atomic E-state index is 0.688. The second-order valence-electron chi connectivity index (χ2n) is 8.25. The molecule has 0 atom stereocenters. The van der Waals surface area contributed by atoms with Gasteiger partial charge in [0.05, 0.1) is 13.2 Å². The van der Waals surface area contributed by atoms with E-state index in [1.54, 1.807) is 0 Å². The molecule has 0 saturated heterocycles.